The van der Waals surface area contributed by atoms with Gasteiger partial charge in [0.2, 0.25) is 0 Å². The van der Waals surface area contributed by atoms with Crippen LogP contribution in [0, 0.1) is 0 Å². The van der Waals surface area contributed by atoms with Crippen molar-refractivity contribution in [1.29, 1.82) is 0 Å². The maximum Gasteiger partial charge on any atom is 0.489 e. The lowest BCUT2D eigenvalue weighted by molar-refractivity contribution is -0.136. The maximum absolute atomic E-state index is 12.3. The summed E-state index contributed by atoms with van der Waals surface area (Å²) in [5.41, 5.74) is -1.61. The molecule has 0 atom stereocenters. The Labute approximate surface area is 86.6 Å². The van der Waals surface area contributed by atoms with Crippen LogP contribution in [-0.2, 0) is 6.18 Å². The third-order valence-electron chi connectivity index (χ3n) is 1.60. The van der Waals surface area contributed by atoms with Gasteiger partial charge < -0.3 is 10.0 Å². The first-order valence-electron chi connectivity index (χ1n) is 3.55. The summed E-state index contributed by atoms with van der Waals surface area (Å²) in [6, 6.07) is 3.12. The Morgan fingerprint density at radius 2 is 1.79 bits per heavy atom. The minimum absolute atomic E-state index is 0.231. The van der Waals surface area contributed by atoms with Crippen LogP contribution in [0.5, 0.6) is 0 Å². The molecule has 0 saturated carbocycles. The van der Waals surface area contributed by atoms with Crippen molar-refractivity contribution in [2.24, 2.45) is 0 Å². The van der Waals surface area contributed by atoms with Crippen molar-refractivity contribution in [3.05, 3.63) is 28.2 Å². The van der Waals surface area contributed by atoms with Crippen molar-refractivity contribution in [3.8, 4) is 0 Å². The van der Waals surface area contributed by atoms with Gasteiger partial charge in [-0.3, -0.25) is 0 Å². The first kappa shape index (κ1) is 11.5. The summed E-state index contributed by atoms with van der Waals surface area (Å²) in [5.74, 6) is 0. The molecule has 2 nitrogen and oxygen atoms in total. The monoisotopic (exact) mass is 268 g/mol. The van der Waals surface area contributed by atoms with Gasteiger partial charge >= 0.3 is 13.3 Å². The molecule has 0 heterocycles. The fourth-order valence-electron chi connectivity index (χ4n) is 0.999. The molecule has 0 aliphatic rings. The summed E-state index contributed by atoms with van der Waals surface area (Å²) in [7, 11) is -2.13. The van der Waals surface area contributed by atoms with Crippen LogP contribution in [0.1, 0.15) is 5.56 Å². The lowest BCUT2D eigenvalue weighted by Gasteiger charge is -2.12. The highest BCUT2D eigenvalue weighted by Gasteiger charge is 2.36. The molecule has 76 valence electrons. The van der Waals surface area contributed by atoms with E-state index >= 15 is 0 Å². The molecule has 0 radical (unpaired) electrons. The van der Waals surface area contributed by atoms with Crippen LogP contribution < -0.4 is 5.46 Å². The Bertz CT molecular complexity index is 340. The van der Waals surface area contributed by atoms with Gasteiger partial charge in [-0.15, -0.1) is 0 Å². The Morgan fingerprint density at radius 3 is 2.21 bits per heavy atom. The third-order valence-corrected chi connectivity index (χ3v) is 2.09. The molecular formula is C7H5BBrF3O2. The summed E-state index contributed by atoms with van der Waals surface area (Å²) < 4.78 is 37.3. The van der Waals surface area contributed by atoms with Gasteiger partial charge in [-0.1, -0.05) is 22.0 Å². The number of halogens is 4. The molecule has 1 aromatic rings. The summed E-state index contributed by atoms with van der Waals surface area (Å²) >= 11 is 2.87. The molecule has 14 heavy (non-hydrogen) atoms. The number of hydrogen-bond donors (Lipinski definition) is 2. The van der Waals surface area contributed by atoms with Crippen molar-refractivity contribution in [2.75, 3.05) is 0 Å². The fourth-order valence-corrected chi connectivity index (χ4v) is 1.36. The van der Waals surface area contributed by atoms with Crippen LogP contribution in [0.3, 0.4) is 0 Å². The molecule has 0 fully saturated rings. The normalized spacial score (nSPS) is 11.6. The largest absolute Gasteiger partial charge is 0.489 e. The Hall–Kier alpha value is -0.525. The highest BCUT2D eigenvalue weighted by Crippen LogP contribution is 2.29. The topological polar surface area (TPSA) is 40.5 Å². The fraction of sp³-hybridized carbons (Fsp3) is 0.143. The van der Waals surface area contributed by atoms with Crippen molar-refractivity contribution in [1.82, 2.24) is 0 Å². The zero-order valence-electron chi connectivity index (χ0n) is 6.72. The summed E-state index contributed by atoms with van der Waals surface area (Å²) in [6.07, 6.45) is -4.59. The summed E-state index contributed by atoms with van der Waals surface area (Å²) in [6.45, 7) is 0. The molecular weight excluding hydrogens is 264 g/mol. The van der Waals surface area contributed by atoms with Gasteiger partial charge in [0.15, 0.2) is 0 Å². The van der Waals surface area contributed by atoms with Gasteiger partial charge in [-0.25, -0.2) is 0 Å². The average Bonchev–Trinajstić information content (AvgIpc) is 2.01. The van der Waals surface area contributed by atoms with E-state index in [-0.39, 0.29) is 4.47 Å². The van der Waals surface area contributed by atoms with Gasteiger partial charge in [0.05, 0.1) is 5.56 Å². The van der Waals surface area contributed by atoms with Gasteiger partial charge in [-0.05, 0) is 17.6 Å². The van der Waals surface area contributed by atoms with Crippen molar-refractivity contribution < 1.29 is 23.2 Å². The van der Waals surface area contributed by atoms with Gasteiger partial charge in [0.1, 0.15) is 0 Å². The predicted octanol–water partition coefficient (Wildman–Crippen LogP) is 1.15. The van der Waals surface area contributed by atoms with E-state index in [1.165, 1.54) is 6.07 Å². The Morgan fingerprint density at radius 1 is 1.21 bits per heavy atom. The van der Waals surface area contributed by atoms with E-state index in [2.05, 4.69) is 15.9 Å². The molecule has 1 rings (SSSR count). The quantitative estimate of drug-likeness (QED) is 0.750. The van der Waals surface area contributed by atoms with Crippen molar-refractivity contribution in [2.45, 2.75) is 6.18 Å². The number of benzene rings is 1. The molecule has 0 bridgehead atoms. The van der Waals surface area contributed by atoms with Crippen LogP contribution in [-0.4, -0.2) is 17.2 Å². The molecule has 2 N–H and O–H groups in total. The van der Waals surface area contributed by atoms with E-state index in [0.29, 0.717) is 0 Å². The van der Waals surface area contributed by atoms with Crippen molar-refractivity contribution >= 4 is 28.5 Å². The van der Waals surface area contributed by atoms with E-state index in [1.54, 1.807) is 0 Å². The smallest absolute Gasteiger partial charge is 0.423 e. The van der Waals surface area contributed by atoms with E-state index in [0.717, 1.165) is 12.1 Å². The lowest BCUT2D eigenvalue weighted by Crippen LogP contribution is -2.35. The average molecular weight is 269 g/mol. The summed E-state index contributed by atoms with van der Waals surface area (Å²) in [4.78, 5) is 0. The minimum Gasteiger partial charge on any atom is -0.423 e. The lowest BCUT2D eigenvalue weighted by atomic mass is 9.77. The van der Waals surface area contributed by atoms with E-state index in [1.807, 2.05) is 0 Å². The van der Waals surface area contributed by atoms with Gasteiger partial charge in [-0.2, -0.15) is 13.2 Å². The zero-order valence-corrected chi connectivity index (χ0v) is 8.30. The predicted molar refractivity (Wildman–Crippen MR) is 49.0 cm³/mol. The SMILES string of the molecule is OB(O)c1ccc(Br)cc1C(F)(F)F. The standard InChI is InChI=1S/C7H5BBrF3O2/c9-4-1-2-6(8(13)14)5(3-4)7(10,11)12/h1-3,13-14H. The molecule has 0 saturated heterocycles. The number of alkyl halides is 3. The molecule has 0 amide bonds. The summed E-state index contributed by atoms with van der Waals surface area (Å²) in [5, 5.41) is 17.4. The van der Waals surface area contributed by atoms with E-state index < -0.39 is 24.3 Å². The second-order valence-corrected chi connectivity index (χ2v) is 3.52. The molecule has 0 aliphatic carbocycles. The molecule has 0 spiro atoms. The van der Waals surface area contributed by atoms with Crippen LogP contribution in [0.15, 0.2) is 22.7 Å². The van der Waals surface area contributed by atoms with Crippen LogP contribution in [0.25, 0.3) is 0 Å². The molecule has 1 aromatic carbocycles. The second-order valence-electron chi connectivity index (χ2n) is 2.60. The second kappa shape index (κ2) is 3.92. The Kier molecular flexibility index (Phi) is 3.23. The van der Waals surface area contributed by atoms with Crippen LogP contribution in [0.4, 0.5) is 13.2 Å². The molecule has 7 heteroatoms. The van der Waals surface area contributed by atoms with Gasteiger partial charge in [0.25, 0.3) is 0 Å². The highest BCUT2D eigenvalue weighted by atomic mass is 79.9. The number of rotatable bonds is 1. The minimum atomic E-state index is -4.59. The highest BCUT2D eigenvalue weighted by molar-refractivity contribution is 9.10. The van der Waals surface area contributed by atoms with E-state index in [9.17, 15) is 13.2 Å². The van der Waals surface area contributed by atoms with E-state index in [4.69, 9.17) is 10.0 Å². The number of hydrogen-bond acceptors (Lipinski definition) is 2. The zero-order chi connectivity index (χ0) is 10.9. The molecule has 0 aliphatic heterocycles. The molecule has 0 unspecified atom stereocenters. The first-order valence-corrected chi connectivity index (χ1v) is 4.34. The molecule has 0 aromatic heterocycles. The van der Waals surface area contributed by atoms with Crippen LogP contribution >= 0.6 is 15.9 Å². The van der Waals surface area contributed by atoms with Gasteiger partial charge in [0, 0.05) is 4.47 Å². The first-order chi connectivity index (χ1) is 6.32. The maximum atomic E-state index is 12.3. The van der Waals surface area contributed by atoms with Crippen LogP contribution in [0.2, 0.25) is 0 Å². The third kappa shape index (κ3) is 2.49. The van der Waals surface area contributed by atoms with Crippen molar-refractivity contribution in [3.63, 3.8) is 0 Å². The Balaban J connectivity index is 3.30.